The minimum Gasteiger partial charge on any atom is -0.361 e. The van der Waals surface area contributed by atoms with Crippen molar-refractivity contribution >= 4 is 33.4 Å². The normalized spacial score (nSPS) is 15.9. The van der Waals surface area contributed by atoms with Gasteiger partial charge >= 0.3 is 0 Å². The number of aromatic nitrogens is 3. The number of halogens is 2. The quantitative estimate of drug-likeness (QED) is 0.502. The summed E-state index contributed by atoms with van der Waals surface area (Å²) in [4.78, 5) is 25.7. The van der Waals surface area contributed by atoms with Gasteiger partial charge in [0.15, 0.2) is 0 Å². The molecule has 1 fully saturated rings. The first-order valence-corrected chi connectivity index (χ1v) is 10.6. The Labute approximate surface area is 177 Å². The van der Waals surface area contributed by atoms with E-state index in [2.05, 4.69) is 19.9 Å². The molecule has 0 unspecified atom stereocenters. The van der Waals surface area contributed by atoms with Gasteiger partial charge in [-0.05, 0) is 74.3 Å². The molecule has 5 rings (SSSR count). The molecule has 1 aliphatic rings. The molecule has 0 spiro atoms. The molecule has 4 aromatic rings. The third-order valence-electron chi connectivity index (χ3n) is 6.09. The molecule has 3 heterocycles. The summed E-state index contributed by atoms with van der Waals surface area (Å²) >= 11 is 6.07. The van der Waals surface area contributed by atoms with Crippen LogP contribution in [0.1, 0.15) is 30.1 Å². The topological polar surface area (TPSA) is 64.8 Å². The number of hydrogen-bond acceptors (Lipinski definition) is 3. The molecule has 1 aliphatic heterocycles. The first-order valence-electron chi connectivity index (χ1n) is 10.2. The minimum absolute atomic E-state index is 0.107. The fourth-order valence-electron chi connectivity index (χ4n) is 4.40. The number of aromatic amines is 2. The SMILES string of the molecule is O=c1[nH]c(C2CCN(CCc3c[nH]c4cc(F)ccc34)CC2)nc2cc(Cl)ccc12. The van der Waals surface area contributed by atoms with Crippen molar-refractivity contribution in [3.8, 4) is 0 Å². The average Bonchev–Trinajstić information content (AvgIpc) is 3.14. The lowest BCUT2D eigenvalue weighted by molar-refractivity contribution is 0.211. The molecule has 154 valence electrons. The summed E-state index contributed by atoms with van der Waals surface area (Å²) in [5.41, 5.74) is 2.60. The maximum atomic E-state index is 13.4. The molecule has 1 saturated heterocycles. The second-order valence-corrected chi connectivity index (χ2v) is 8.42. The fraction of sp³-hybridized carbons (Fsp3) is 0.304. The second-order valence-electron chi connectivity index (χ2n) is 7.98. The average molecular weight is 425 g/mol. The van der Waals surface area contributed by atoms with Crippen LogP contribution in [-0.4, -0.2) is 39.5 Å². The molecule has 5 nitrogen and oxygen atoms in total. The van der Waals surface area contributed by atoms with Gasteiger partial charge in [-0.2, -0.15) is 0 Å². The van der Waals surface area contributed by atoms with Crippen LogP contribution in [-0.2, 0) is 6.42 Å². The Hall–Kier alpha value is -2.70. The van der Waals surface area contributed by atoms with Crippen LogP contribution in [0.15, 0.2) is 47.4 Å². The highest BCUT2D eigenvalue weighted by atomic mass is 35.5. The maximum Gasteiger partial charge on any atom is 0.258 e. The van der Waals surface area contributed by atoms with Gasteiger partial charge in [-0.25, -0.2) is 9.37 Å². The van der Waals surface area contributed by atoms with Crippen LogP contribution >= 0.6 is 11.6 Å². The molecular weight excluding hydrogens is 403 g/mol. The van der Waals surface area contributed by atoms with E-state index in [9.17, 15) is 9.18 Å². The van der Waals surface area contributed by atoms with E-state index in [4.69, 9.17) is 11.6 Å². The summed E-state index contributed by atoms with van der Waals surface area (Å²) in [5, 5.41) is 2.24. The zero-order valence-electron chi connectivity index (χ0n) is 16.4. The monoisotopic (exact) mass is 424 g/mol. The number of nitrogens with one attached hydrogen (secondary N) is 2. The zero-order chi connectivity index (χ0) is 20.7. The lowest BCUT2D eigenvalue weighted by Gasteiger charge is -2.31. The molecule has 0 bridgehead atoms. The molecule has 0 amide bonds. The molecule has 0 radical (unpaired) electrons. The van der Waals surface area contributed by atoms with Crippen molar-refractivity contribution in [2.75, 3.05) is 19.6 Å². The smallest absolute Gasteiger partial charge is 0.258 e. The van der Waals surface area contributed by atoms with E-state index in [1.54, 1.807) is 18.2 Å². The number of rotatable bonds is 4. The number of H-pyrrole nitrogens is 2. The highest BCUT2D eigenvalue weighted by Crippen LogP contribution is 2.27. The largest absolute Gasteiger partial charge is 0.361 e. The second kappa shape index (κ2) is 7.85. The van der Waals surface area contributed by atoms with Gasteiger partial charge < -0.3 is 14.9 Å². The van der Waals surface area contributed by atoms with Crippen molar-refractivity contribution in [3.05, 3.63) is 75.2 Å². The van der Waals surface area contributed by atoms with Crippen molar-refractivity contribution in [1.82, 2.24) is 19.9 Å². The molecule has 0 atom stereocenters. The zero-order valence-corrected chi connectivity index (χ0v) is 17.2. The van der Waals surface area contributed by atoms with Crippen LogP contribution in [0, 0.1) is 5.82 Å². The van der Waals surface area contributed by atoms with Crippen LogP contribution in [0.2, 0.25) is 5.02 Å². The molecular formula is C23H22ClFN4O. The van der Waals surface area contributed by atoms with Gasteiger partial charge in [0.05, 0.1) is 10.9 Å². The van der Waals surface area contributed by atoms with Crippen molar-refractivity contribution in [2.45, 2.75) is 25.2 Å². The molecule has 7 heteroatoms. The molecule has 0 saturated carbocycles. The highest BCUT2D eigenvalue weighted by Gasteiger charge is 2.23. The maximum absolute atomic E-state index is 13.4. The van der Waals surface area contributed by atoms with Crippen LogP contribution in [0.25, 0.3) is 21.8 Å². The summed E-state index contributed by atoms with van der Waals surface area (Å²) in [6.07, 6.45) is 4.80. The van der Waals surface area contributed by atoms with Gasteiger partial charge in [0.2, 0.25) is 0 Å². The highest BCUT2D eigenvalue weighted by molar-refractivity contribution is 6.31. The van der Waals surface area contributed by atoms with Crippen LogP contribution in [0.3, 0.4) is 0 Å². The van der Waals surface area contributed by atoms with Gasteiger partial charge in [-0.1, -0.05) is 11.6 Å². The number of piperidine rings is 1. The molecule has 0 aliphatic carbocycles. The van der Waals surface area contributed by atoms with Gasteiger partial charge in [0.1, 0.15) is 11.6 Å². The molecule has 2 aromatic heterocycles. The van der Waals surface area contributed by atoms with Gasteiger partial charge in [-0.15, -0.1) is 0 Å². The van der Waals surface area contributed by atoms with E-state index in [0.29, 0.717) is 15.9 Å². The van der Waals surface area contributed by atoms with Crippen molar-refractivity contribution in [3.63, 3.8) is 0 Å². The lowest BCUT2D eigenvalue weighted by Crippen LogP contribution is -2.35. The number of nitrogens with zero attached hydrogens (tertiary/aromatic N) is 2. The summed E-state index contributed by atoms with van der Waals surface area (Å²) in [7, 11) is 0. The van der Waals surface area contributed by atoms with E-state index >= 15 is 0 Å². The van der Waals surface area contributed by atoms with Crippen LogP contribution < -0.4 is 5.56 Å². The Bertz CT molecular complexity index is 1270. The third kappa shape index (κ3) is 3.73. The van der Waals surface area contributed by atoms with Gasteiger partial charge in [0.25, 0.3) is 5.56 Å². The fourth-order valence-corrected chi connectivity index (χ4v) is 4.56. The first kappa shape index (κ1) is 19.3. The van der Waals surface area contributed by atoms with Crippen molar-refractivity contribution in [1.29, 1.82) is 0 Å². The molecule has 2 aromatic carbocycles. The molecule has 2 N–H and O–H groups in total. The van der Waals surface area contributed by atoms with E-state index in [1.165, 1.54) is 17.7 Å². The summed E-state index contributed by atoms with van der Waals surface area (Å²) < 4.78 is 13.4. The predicted octanol–water partition coefficient (Wildman–Crippen LogP) is 4.62. The molecule has 30 heavy (non-hydrogen) atoms. The van der Waals surface area contributed by atoms with E-state index < -0.39 is 0 Å². The standard InChI is InChI=1S/C23H22ClFN4O/c24-16-1-3-19-21(11-16)27-22(28-23(19)30)14-5-8-29(9-6-14)10-7-15-13-26-20-12-17(25)2-4-18(15)20/h1-4,11-14,26H,5-10H2,(H,27,28,30). The number of hydrogen-bond donors (Lipinski definition) is 2. The van der Waals surface area contributed by atoms with E-state index in [-0.39, 0.29) is 17.3 Å². The summed E-state index contributed by atoms with van der Waals surface area (Å²) in [5.74, 6) is 0.780. The van der Waals surface area contributed by atoms with Gasteiger partial charge in [0, 0.05) is 34.6 Å². The number of benzene rings is 2. The van der Waals surface area contributed by atoms with Crippen molar-refractivity contribution in [2.24, 2.45) is 0 Å². The Morgan fingerprint density at radius 2 is 1.93 bits per heavy atom. The number of likely N-dealkylation sites (tertiary alicyclic amines) is 1. The first-order chi connectivity index (χ1) is 14.6. The number of fused-ring (bicyclic) bond motifs is 2. The Kier molecular flexibility index (Phi) is 5.05. The predicted molar refractivity (Wildman–Crippen MR) is 118 cm³/mol. The van der Waals surface area contributed by atoms with E-state index in [1.807, 2.05) is 12.3 Å². The minimum atomic E-state index is -0.222. The summed E-state index contributed by atoms with van der Waals surface area (Å²) in [6, 6.07) is 10.1. The lowest BCUT2D eigenvalue weighted by atomic mass is 9.95. The Morgan fingerprint density at radius 3 is 2.77 bits per heavy atom. The summed E-state index contributed by atoms with van der Waals surface area (Å²) in [6.45, 7) is 2.87. The van der Waals surface area contributed by atoms with E-state index in [0.717, 1.165) is 55.6 Å². The van der Waals surface area contributed by atoms with Crippen molar-refractivity contribution < 1.29 is 4.39 Å². The Balaban J connectivity index is 1.24. The van der Waals surface area contributed by atoms with Crippen LogP contribution in [0.4, 0.5) is 4.39 Å². The van der Waals surface area contributed by atoms with Gasteiger partial charge in [-0.3, -0.25) is 4.79 Å². The Morgan fingerprint density at radius 1 is 1.13 bits per heavy atom. The van der Waals surface area contributed by atoms with Crippen LogP contribution in [0.5, 0.6) is 0 Å². The third-order valence-corrected chi connectivity index (χ3v) is 6.32.